The van der Waals surface area contributed by atoms with Gasteiger partial charge in [-0.15, -0.1) is 0 Å². The van der Waals surface area contributed by atoms with E-state index in [0.29, 0.717) is 24.7 Å². The van der Waals surface area contributed by atoms with Crippen LogP contribution < -0.4 is 14.8 Å². The molecule has 0 aliphatic carbocycles. The van der Waals surface area contributed by atoms with Crippen molar-refractivity contribution in [1.82, 2.24) is 15.5 Å². The van der Waals surface area contributed by atoms with Crippen LogP contribution in [0, 0.1) is 0 Å². The van der Waals surface area contributed by atoms with Crippen LogP contribution in [0.2, 0.25) is 0 Å². The molecule has 0 bridgehead atoms. The number of methoxy groups -OCH3 is 1. The second-order valence-corrected chi connectivity index (χ2v) is 7.08. The summed E-state index contributed by atoms with van der Waals surface area (Å²) < 4.78 is 16.3. The van der Waals surface area contributed by atoms with Gasteiger partial charge in [0.1, 0.15) is 17.2 Å². The number of para-hydroxylation sites is 1. The standard InChI is InChI=1S/C25H23N3O4/c1-30-20-12-10-19(11-13-20)25-27-24(32-28-25)15-14-23(29)26-17-18-6-5-9-22(16-18)31-21-7-3-2-4-8-21/h2-13,16H,14-15,17H2,1H3,(H,26,29). The predicted molar refractivity (Wildman–Crippen MR) is 119 cm³/mol. The Kier molecular flexibility index (Phi) is 6.77. The molecule has 1 heterocycles. The summed E-state index contributed by atoms with van der Waals surface area (Å²) in [6.07, 6.45) is 0.622. The fourth-order valence-electron chi connectivity index (χ4n) is 3.07. The summed E-state index contributed by atoms with van der Waals surface area (Å²) in [4.78, 5) is 16.6. The molecule has 3 aromatic carbocycles. The second kappa shape index (κ2) is 10.3. The number of amides is 1. The Bertz CT molecular complexity index is 1160. The lowest BCUT2D eigenvalue weighted by atomic mass is 10.2. The SMILES string of the molecule is COc1ccc(-c2noc(CCC(=O)NCc3cccc(Oc4ccccc4)c3)n2)cc1. The first kappa shape index (κ1) is 21.1. The lowest BCUT2D eigenvalue weighted by molar-refractivity contribution is -0.121. The number of aromatic nitrogens is 2. The van der Waals surface area contributed by atoms with Crippen molar-refractivity contribution < 1.29 is 18.8 Å². The van der Waals surface area contributed by atoms with Gasteiger partial charge in [-0.1, -0.05) is 35.5 Å². The first-order chi connectivity index (χ1) is 15.7. The fourth-order valence-corrected chi connectivity index (χ4v) is 3.07. The van der Waals surface area contributed by atoms with E-state index in [4.69, 9.17) is 14.0 Å². The van der Waals surface area contributed by atoms with E-state index in [1.165, 1.54) is 0 Å². The average molecular weight is 429 g/mol. The summed E-state index contributed by atoms with van der Waals surface area (Å²) in [5.41, 5.74) is 1.77. The molecule has 32 heavy (non-hydrogen) atoms. The van der Waals surface area contributed by atoms with Gasteiger partial charge in [-0.25, -0.2) is 0 Å². The van der Waals surface area contributed by atoms with E-state index in [9.17, 15) is 4.79 Å². The molecule has 1 N–H and O–H groups in total. The summed E-state index contributed by atoms with van der Waals surface area (Å²) in [5.74, 6) is 3.06. The zero-order chi connectivity index (χ0) is 22.2. The zero-order valence-electron chi connectivity index (χ0n) is 17.7. The Balaban J connectivity index is 1.26. The molecule has 0 aliphatic heterocycles. The first-order valence-corrected chi connectivity index (χ1v) is 10.2. The van der Waals surface area contributed by atoms with Crippen LogP contribution in [0.25, 0.3) is 11.4 Å². The van der Waals surface area contributed by atoms with Gasteiger partial charge in [0, 0.05) is 24.9 Å². The van der Waals surface area contributed by atoms with Gasteiger partial charge in [-0.05, 0) is 54.1 Å². The van der Waals surface area contributed by atoms with Crippen molar-refractivity contribution in [1.29, 1.82) is 0 Å². The highest BCUT2D eigenvalue weighted by atomic mass is 16.5. The Hall–Kier alpha value is -4.13. The quantitative estimate of drug-likeness (QED) is 0.412. The van der Waals surface area contributed by atoms with Crippen LogP contribution in [-0.4, -0.2) is 23.2 Å². The molecule has 0 unspecified atom stereocenters. The monoisotopic (exact) mass is 429 g/mol. The minimum Gasteiger partial charge on any atom is -0.497 e. The Morgan fingerprint density at radius 3 is 2.50 bits per heavy atom. The van der Waals surface area contributed by atoms with Crippen LogP contribution >= 0.6 is 0 Å². The maximum absolute atomic E-state index is 12.3. The topological polar surface area (TPSA) is 86.5 Å². The van der Waals surface area contributed by atoms with Gasteiger partial charge in [0.05, 0.1) is 7.11 Å². The smallest absolute Gasteiger partial charge is 0.227 e. The van der Waals surface area contributed by atoms with Crippen molar-refractivity contribution in [3.63, 3.8) is 0 Å². The molecule has 0 fully saturated rings. The largest absolute Gasteiger partial charge is 0.497 e. The molecule has 0 spiro atoms. The van der Waals surface area contributed by atoms with E-state index in [1.807, 2.05) is 78.9 Å². The third-order valence-corrected chi connectivity index (χ3v) is 4.75. The van der Waals surface area contributed by atoms with Crippen LogP contribution in [-0.2, 0) is 17.8 Å². The summed E-state index contributed by atoms with van der Waals surface area (Å²) in [5, 5.41) is 6.90. The molecular formula is C25H23N3O4. The van der Waals surface area contributed by atoms with Crippen molar-refractivity contribution in [3.8, 4) is 28.6 Å². The molecule has 162 valence electrons. The molecule has 0 saturated heterocycles. The summed E-state index contributed by atoms with van der Waals surface area (Å²) >= 11 is 0. The number of nitrogens with zero attached hydrogens (tertiary/aromatic N) is 2. The predicted octanol–water partition coefficient (Wildman–Crippen LogP) is 4.79. The molecule has 7 nitrogen and oxygen atoms in total. The summed E-state index contributed by atoms with van der Waals surface area (Å²) in [7, 11) is 1.61. The van der Waals surface area contributed by atoms with Crippen LogP contribution in [0.3, 0.4) is 0 Å². The number of carbonyl (C=O) groups is 1. The minimum absolute atomic E-state index is 0.0939. The van der Waals surface area contributed by atoms with E-state index in [1.54, 1.807) is 7.11 Å². The molecule has 0 atom stereocenters. The molecule has 1 amide bonds. The number of rotatable bonds is 9. The number of carbonyl (C=O) groups excluding carboxylic acids is 1. The number of nitrogens with one attached hydrogen (secondary N) is 1. The fraction of sp³-hybridized carbons (Fsp3) is 0.160. The van der Waals surface area contributed by atoms with Crippen molar-refractivity contribution in [2.75, 3.05) is 7.11 Å². The van der Waals surface area contributed by atoms with Crippen molar-refractivity contribution >= 4 is 5.91 Å². The highest BCUT2D eigenvalue weighted by Crippen LogP contribution is 2.22. The van der Waals surface area contributed by atoms with Gasteiger partial charge in [-0.2, -0.15) is 4.98 Å². The zero-order valence-corrected chi connectivity index (χ0v) is 17.7. The molecule has 7 heteroatoms. The number of aryl methyl sites for hydroxylation is 1. The number of hydrogen-bond acceptors (Lipinski definition) is 6. The molecule has 0 radical (unpaired) electrons. The van der Waals surface area contributed by atoms with Crippen LogP contribution in [0.15, 0.2) is 83.4 Å². The van der Waals surface area contributed by atoms with E-state index in [2.05, 4.69) is 15.5 Å². The lowest BCUT2D eigenvalue weighted by Gasteiger charge is -2.08. The van der Waals surface area contributed by atoms with Crippen LogP contribution in [0.5, 0.6) is 17.2 Å². The maximum Gasteiger partial charge on any atom is 0.227 e. The minimum atomic E-state index is -0.0939. The van der Waals surface area contributed by atoms with Crippen molar-refractivity contribution in [3.05, 3.63) is 90.3 Å². The Morgan fingerprint density at radius 2 is 1.72 bits per heavy atom. The summed E-state index contributed by atoms with van der Waals surface area (Å²) in [6, 6.07) is 24.6. The van der Waals surface area contributed by atoms with E-state index in [-0.39, 0.29) is 12.3 Å². The lowest BCUT2D eigenvalue weighted by Crippen LogP contribution is -2.23. The third-order valence-electron chi connectivity index (χ3n) is 4.75. The highest BCUT2D eigenvalue weighted by Gasteiger charge is 2.11. The number of benzene rings is 3. The van der Waals surface area contributed by atoms with Gasteiger partial charge < -0.3 is 19.3 Å². The first-order valence-electron chi connectivity index (χ1n) is 10.2. The second-order valence-electron chi connectivity index (χ2n) is 7.08. The average Bonchev–Trinajstić information content (AvgIpc) is 3.31. The van der Waals surface area contributed by atoms with E-state index < -0.39 is 0 Å². The molecule has 0 aliphatic rings. The molecule has 4 aromatic rings. The Morgan fingerprint density at radius 1 is 0.938 bits per heavy atom. The Labute approximate surface area is 186 Å². The third kappa shape index (κ3) is 5.72. The molecule has 1 aromatic heterocycles. The van der Waals surface area contributed by atoms with Gasteiger partial charge in [-0.3, -0.25) is 4.79 Å². The van der Waals surface area contributed by atoms with E-state index >= 15 is 0 Å². The highest BCUT2D eigenvalue weighted by molar-refractivity contribution is 5.76. The number of ether oxygens (including phenoxy) is 2. The normalized spacial score (nSPS) is 10.5. The molecule has 0 saturated carbocycles. The van der Waals surface area contributed by atoms with Gasteiger partial charge in [0.15, 0.2) is 0 Å². The van der Waals surface area contributed by atoms with Gasteiger partial charge >= 0.3 is 0 Å². The van der Waals surface area contributed by atoms with Crippen molar-refractivity contribution in [2.24, 2.45) is 0 Å². The van der Waals surface area contributed by atoms with Crippen molar-refractivity contribution in [2.45, 2.75) is 19.4 Å². The van der Waals surface area contributed by atoms with Crippen LogP contribution in [0.1, 0.15) is 17.9 Å². The van der Waals surface area contributed by atoms with Gasteiger partial charge in [0.25, 0.3) is 0 Å². The number of hydrogen-bond donors (Lipinski definition) is 1. The summed E-state index contributed by atoms with van der Waals surface area (Å²) in [6.45, 7) is 0.408. The van der Waals surface area contributed by atoms with Gasteiger partial charge in [0.2, 0.25) is 17.6 Å². The molecule has 4 rings (SSSR count). The van der Waals surface area contributed by atoms with Crippen LogP contribution in [0.4, 0.5) is 0 Å². The molecular weight excluding hydrogens is 406 g/mol. The van der Waals surface area contributed by atoms with E-state index in [0.717, 1.165) is 28.4 Å². The maximum atomic E-state index is 12.3.